The summed E-state index contributed by atoms with van der Waals surface area (Å²) in [5.41, 5.74) is 1.38. The number of ether oxygens (including phenoxy) is 1. The molecule has 0 spiro atoms. The minimum atomic E-state index is -0.470. The number of para-hydroxylation sites is 1. The lowest BCUT2D eigenvalue weighted by molar-refractivity contribution is 0.102. The molecular weight excluding hydrogens is 448 g/mol. The van der Waals surface area contributed by atoms with E-state index in [1.54, 1.807) is 53.9 Å². The van der Waals surface area contributed by atoms with E-state index in [1.165, 1.54) is 0 Å². The second-order valence-electron chi connectivity index (χ2n) is 6.52. The van der Waals surface area contributed by atoms with Crippen LogP contribution in [0.1, 0.15) is 10.5 Å². The largest absolute Gasteiger partial charge is 0.457 e. The monoisotopic (exact) mass is 464 g/mol. The van der Waals surface area contributed by atoms with Gasteiger partial charge in [0.2, 0.25) is 0 Å². The van der Waals surface area contributed by atoms with Gasteiger partial charge in [0.05, 0.1) is 0 Å². The first-order chi connectivity index (χ1) is 15.5. The van der Waals surface area contributed by atoms with E-state index in [0.29, 0.717) is 27.3 Å². The average molecular weight is 465 g/mol. The lowest BCUT2D eigenvalue weighted by Crippen LogP contribution is -2.19. The zero-order chi connectivity index (χ0) is 22.3. The fraction of sp³-hybridized carbons (Fsp3) is 0. The molecule has 0 unspecified atom stereocenters. The first-order valence-corrected chi connectivity index (χ1v) is 10.7. The van der Waals surface area contributed by atoms with Gasteiger partial charge < -0.3 is 15.4 Å². The van der Waals surface area contributed by atoms with Crippen LogP contribution < -0.4 is 20.7 Å². The summed E-state index contributed by atoms with van der Waals surface area (Å²) in [5.74, 6) is 0.997. The van der Waals surface area contributed by atoms with Crippen LogP contribution in [0, 0.1) is 0 Å². The van der Waals surface area contributed by atoms with Crippen molar-refractivity contribution in [2.24, 2.45) is 0 Å². The van der Waals surface area contributed by atoms with E-state index < -0.39 is 6.03 Å². The van der Waals surface area contributed by atoms with Gasteiger partial charge in [-0.2, -0.15) is 0 Å². The fourth-order valence-corrected chi connectivity index (χ4v) is 3.47. The summed E-state index contributed by atoms with van der Waals surface area (Å²) in [7, 11) is 0. The summed E-state index contributed by atoms with van der Waals surface area (Å²) in [6.45, 7) is 0. The van der Waals surface area contributed by atoms with Crippen molar-refractivity contribution in [3.05, 3.63) is 95.0 Å². The van der Waals surface area contributed by atoms with Crippen LogP contribution in [0.2, 0.25) is 5.02 Å². The quantitative estimate of drug-likeness (QED) is 0.304. The second kappa shape index (κ2) is 9.95. The fourth-order valence-electron chi connectivity index (χ4n) is 2.65. The molecule has 160 valence electrons. The van der Waals surface area contributed by atoms with Crippen molar-refractivity contribution >= 4 is 51.4 Å². The molecule has 3 aromatic carbocycles. The normalized spacial score (nSPS) is 10.3. The van der Waals surface area contributed by atoms with E-state index in [-0.39, 0.29) is 11.6 Å². The summed E-state index contributed by atoms with van der Waals surface area (Å²) >= 11 is 6.98. The number of rotatable bonds is 6. The highest BCUT2D eigenvalue weighted by Gasteiger charge is 2.13. The van der Waals surface area contributed by atoms with Gasteiger partial charge in [-0.25, -0.2) is 9.78 Å². The van der Waals surface area contributed by atoms with Crippen molar-refractivity contribution < 1.29 is 14.3 Å². The van der Waals surface area contributed by atoms with E-state index in [4.69, 9.17) is 16.3 Å². The van der Waals surface area contributed by atoms with Gasteiger partial charge in [0, 0.05) is 21.8 Å². The Hall–Kier alpha value is -3.88. The topological polar surface area (TPSA) is 92.4 Å². The standard InChI is InChI=1S/C23H17ClN4O3S/c24-15-6-8-17(9-7-15)26-22(30)28-23-27-20(14-32-23)21(29)25-16-10-12-19(13-11-16)31-18-4-2-1-3-5-18/h1-14H,(H,25,29)(H2,26,27,28,30). The molecule has 0 aliphatic rings. The summed E-state index contributed by atoms with van der Waals surface area (Å²) in [4.78, 5) is 28.7. The lowest BCUT2D eigenvalue weighted by atomic mass is 10.3. The van der Waals surface area contributed by atoms with E-state index in [1.807, 2.05) is 30.3 Å². The van der Waals surface area contributed by atoms with Crippen LogP contribution in [-0.4, -0.2) is 16.9 Å². The Labute approximate surface area is 193 Å². The van der Waals surface area contributed by atoms with Crippen molar-refractivity contribution in [2.45, 2.75) is 0 Å². The number of nitrogens with zero attached hydrogens (tertiary/aromatic N) is 1. The molecule has 0 fully saturated rings. The predicted octanol–water partition coefficient (Wildman–Crippen LogP) is 6.49. The number of anilines is 3. The number of urea groups is 1. The van der Waals surface area contributed by atoms with E-state index in [9.17, 15) is 9.59 Å². The number of halogens is 1. The van der Waals surface area contributed by atoms with Crippen LogP contribution in [0.3, 0.4) is 0 Å². The average Bonchev–Trinajstić information content (AvgIpc) is 3.26. The second-order valence-corrected chi connectivity index (χ2v) is 7.81. The van der Waals surface area contributed by atoms with Gasteiger partial charge in [-0.05, 0) is 60.7 Å². The number of hydrogen-bond acceptors (Lipinski definition) is 5. The Kier molecular flexibility index (Phi) is 6.64. The van der Waals surface area contributed by atoms with Crippen LogP contribution in [0.4, 0.5) is 21.3 Å². The minimum Gasteiger partial charge on any atom is -0.457 e. The van der Waals surface area contributed by atoms with Crippen LogP contribution in [0.15, 0.2) is 84.2 Å². The Balaban J connectivity index is 1.31. The molecule has 0 bridgehead atoms. The summed E-state index contributed by atoms with van der Waals surface area (Å²) in [5, 5.41) is 10.5. The molecule has 9 heteroatoms. The molecule has 0 aliphatic carbocycles. The molecule has 3 N–H and O–H groups in total. The number of thiazole rings is 1. The SMILES string of the molecule is O=C(Nc1ccc(Cl)cc1)Nc1nc(C(=O)Nc2ccc(Oc3ccccc3)cc2)cs1. The number of aromatic nitrogens is 1. The number of amides is 3. The zero-order valence-electron chi connectivity index (χ0n) is 16.5. The van der Waals surface area contributed by atoms with E-state index >= 15 is 0 Å². The molecule has 7 nitrogen and oxygen atoms in total. The molecule has 4 aromatic rings. The first kappa shape index (κ1) is 21.4. The maximum Gasteiger partial charge on any atom is 0.325 e. The predicted molar refractivity (Wildman–Crippen MR) is 127 cm³/mol. The Morgan fingerprint density at radius 1 is 0.781 bits per heavy atom. The maximum absolute atomic E-state index is 12.5. The molecule has 0 saturated heterocycles. The van der Waals surface area contributed by atoms with Gasteiger partial charge in [-0.3, -0.25) is 10.1 Å². The van der Waals surface area contributed by atoms with Gasteiger partial charge in [0.15, 0.2) is 5.13 Å². The molecule has 3 amide bonds. The van der Waals surface area contributed by atoms with Crippen molar-refractivity contribution in [1.82, 2.24) is 4.98 Å². The Morgan fingerprint density at radius 2 is 1.41 bits per heavy atom. The maximum atomic E-state index is 12.5. The summed E-state index contributed by atoms with van der Waals surface area (Å²) in [6, 6.07) is 22.6. The molecule has 32 heavy (non-hydrogen) atoms. The summed E-state index contributed by atoms with van der Waals surface area (Å²) < 4.78 is 5.74. The van der Waals surface area contributed by atoms with E-state index in [2.05, 4.69) is 20.9 Å². The molecule has 1 aromatic heterocycles. The molecule has 0 aliphatic heterocycles. The number of carbonyl (C=O) groups is 2. The number of hydrogen-bond donors (Lipinski definition) is 3. The number of carbonyl (C=O) groups excluding carboxylic acids is 2. The van der Waals surface area contributed by atoms with Gasteiger partial charge in [-0.1, -0.05) is 29.8 Å². The van der Waals surface area contributed by atoms with Crippen LogP contribution >= 0.6 is 22.9 Å². The van der Waals surface area contributed by atoms with Crippen molar-refractivity contribution in [3.8, 4) is 11.5 Å². The van der Waals surface area contributed by atoms with Gasteiger partial charge >= 0.3 is 6.03 Å². The van der Waals surface area contributed by atoms with Crippen molar-refractivity contribution in [1.29, 1.82) is 0 Å². The zero-order valence-corrected chi connectivity index (χ0v) is 18.1. The first-order valence-electron chi connectivity index (χ1n) is 9.48. The number of benzene rings is 3. The Morgan fingerprint density at radius 3 is 2.12 bits per heavy atom. The third-order valence-corrected chi connectivity index (χ3v) is 5.16. The van der Waals surface area contributed by atoms with Gasteiger partial charge in [0.25, 0.3) is 5.91 Å². The van der Waals surface area contributed by atoms with Crippen LogP contribution in [0.5, 0.6) is 11.5 Å². The Bertz CT molecular complexity index is 1210. The lowest BCUT2D eigenvalue weighted by Gasteiger charge is -2.07. The molecule has 0 saturated carbocycles. The minimum absolute atomic E-state index is 0.196. The highest BCUT2D eigenvalue weighted by molar-refractivity contribution is 7.14. The third kappa shape index (κ3) is 5.84. The van der Waals surface area contributed by atoms with Crippen molar-refractivity contribution in [2.75, 3.05) is 16.0 Å². The smallest absolute Gasteiger partial charge is 0.325 e. The van der Waals surface area contributed by atoms with Crippen LogP contribution in [0.25, 0.3) is 0 Å². The number of nitrogens with one attached hydrogen (secondary N) is 3. The summed E-state index contributed by atoms with van der Waals surface area (Å²) in [6.07, 6.45) is 0. The van der Waals surface area contributed by atoms with Gasteiger partial charge in [-0.15, -0.1) is 11.3 Å². The van der Waals surface area contributed by atoms with Gasteiger partial charge in [0.1, 0.15) is 17.2 Å². The van der Waals surface area contributed by atoms with E-state index in [0.717, 1.165) is 17.1 Å². The highest BCUT2D eigenvalue weighted by atomic mass is 35.5. The highest BCUT2D eigenvalue weighted by Crippen LogP contribution is 2.23. The molecule has 4 rings (SSSR count). The molecular formula is C23H17ClN4O3S. The van der Waals surface area contributed by atoms with Crippen molar-refractivity contribution in [3.63, 3.8) is 0 Å². The van der Waals surface area contributed by atoms with Crippen LogP contribution in [-0.2, 0) is 0 Å². The third-order valence-electron chi connectivity index (χ3n) is 4.15. The molecule has 0 atom stereocenters. The molecule has 1 heterocycles. The molecule has 0 radical (unpaired) electrons.